The third-order valence-electron chi connectivity index (χ3n) is 3.07. The minimum absolute atomic E-state index is 0.0369. The summed E-state index contributed by atoms with van der Waals surface area (Å²) in [4.78, 5) is 23.7. The number of nitrogens with zero attached hydrogens (tertiary/aromatic N) is 2. The molecule has 1 N–H and O–H groups in total. The van der Waals surface area contributed by atoms with E-state index in [0.29, 0.717) is 22.5 Å². The molecule has 0 aliphatic heterocycles. The fourth-order valence-electron chi connectivity index (χ4n) is 1.82. The van der Waals surface area contributed by atoms with Gasteiger partial charge in [0.25, 0.3) is 5.56 Å². The van der Waals surface area contributed by atoms with E-state index in [1.807, 2.05) is 13.8 Å². The van der Waals surface area contributed by atoms with Crippen molar-refractivity contribution in [2.75, 3.05) is 5.32 Å². The van der Waals surface area contributed by atoms with Gasteiger partial charge in [-0.05, 0) is 12.0 Å². The average Bonchev–Trinajstić information content (AvgIpc) is 2.91. The molecule has 0 fully saturated rings. The first kappa shape index (κ1) is 18.1. The van der Waals surface area contributed by atoms with Crippen LogP contribution in [-0.2, 0) is 17.5 Å². The van der Waals surface area contributed by atoms with E-state index in [0.717, 1.165) is 0 Å². The third-order valence-corrected chi connectivity index (χ3v) is 3.34. The molecule has 0 aliphatic rings. The van der Waals surface area contributed by atoms with E-state index >= 15 is 0 Å². The van der Waals surface area contributed by atoms with Crippen molar-refractivity contribution in [1.82, 2.24) is 9.72 Å². The van der Waals surface area contributed by atoms with Crippen LogP contribution in [0.1, 0.15) is 31.0 Å². The van der Waals surface area contributed by atoms with Gasteiger partial charge in [-0.15, -0.1) is 0 Å². The number of carbonyl (C=O) groups excluding carboxylic acids is 1. The maximum Gasteiger partial charge on any atom is 0.417 e. The minimum atomic E-state index is -4.69. The van der Waals surface area contributed by atoms with Gasteiger partial charge in [0.15, 0.2) is 0 Å². The van der Waals surface area contributed by atoms with Crippen molar-refractivity contribution in [3.05, 3.63) is 45.0 Å². The summed E-state index contributed by atoms with van der Waals surface area (Å²) in [6.07, 6.45) is -4.15. The lowest BCUT2D eigenvalue weighted by atomic mass is 10.1. The molecule has 1 amide bonds. The number of pyridine rings is 1. The molecule has 2 aromatic rings. The number of aromatic nitrogens is 2. The van der Waals surface area contributed by atoms with Crippen LogP contribution in [0.3, 0.4) is 0 Å². The van der Waals surface area contributed by atoms with Crippen LogP contribution in [0.4, 0.5) is 19.1 Å². The van der Waals surface area contributed by atoms with Crippen molar-refractivity contribution in [3.63, 3.8) is 0 Å². The smallest absolute Gasteiger partial charge is 0.338 e. The van der Waals surface area contributed by atoms with Crippen LogP contribution < -0.4 is 10.9 Å². The molecule has 2 heterocycles. The van der Waals surface area contributed by atoms with Gasteiger partial charge < -0.3 is 9.09 Å². The number of carbonyl (C=O) groups is 1. The van der Waals surface area contributed by atoms with E-state index in [2.05, 4.69) is 10.5 Å². The molecule has 0 radical (unpaired) electrons. The SMILES string of the molecule is CC(C)c1cc(NC(=O)Cn2cc(C(F)(F)F)cc(Cl)c2=O)on1. The van der Waals surface area contributed by atoms with Gasteiger partial charge in [-0.2, -0.15) is 13.2 Å². The van der Waals surface area contributed by atoms with Crippen molar-refractivity contribution in [1.29, 1.82) is 0 Å². The number of hydrogen-bond acceptors (Lipinski definition) is 4. The maximum absolute atomic E-state index is 12.7. The van der Waals surface area contributed by atoms with Crippen molar-refractivity contribution in [2.24, 2.45) is 0 Å². The largest absolute Gasteiger partial charge is 0.417 e. The minimum Gasteiger partial charge on any atom is -0.338 e. The Morgan fingerprint density at radius 2 is 2.08 bits per heavy atom. The summed E-state index contributed by atoms with van der Waals surface area (Å²) in [5, 5.41) is 5.42. The van der Waals surface area contributed by atoms with E-state index in [1.165, 1.54) is 6.07 Å². The molecule has 0 spiro atoms. The molecule has 0 bridgehead atoms. The van der Waals surface area contributed by atoms with Crippen molar-refractivity contribution in [2.45, 2.75) is 32.5 Å². The monoisotopic (exact) mass is 363 g/mol. The number of alkyl halides is 3. The Labute approximate surface area is 139 Å². The number of halogens is 4. The summed E-state index contributed by atoms with van der Waals surface area (Å²) in [6, 6.07) is 2.01. The van der Waals surface area contributed by atoms with E-state index in [9.17, 15) is 22.8 Å². The Bertz CT molecular complexity index is 812. The highest BCUT2D eigenvalue weighted by Gasteiger charge is 2.32. The zero-order chi connectivity index (χ0) is 18.1. The molecule has 0 saturated carbocycles. The first-order chi connectivity index (χ1) is 11.1. The molecule has 2 rings (SSSR count). The number of rotatable bonds is 4. The molecule has 130 valence electrons. The van der Waals surface area contributed by atoms with Crippen LogP contribution in [0.2, 0.25) is 5.02 Å². The zero-order valence-electron chi connectivity index (χ0n) is 12.6. The van der Waals surface area contributed by atoms with Gasteiger partial charge >= 0.3 is 6.18 Å². The highest BCUT2D eigenvalue weighted by Crippen LogP contribution is 2.29. The lowest BCUT2D eigenvalue weighted by Crippen LogP contribution is -2.29. The highest BCUT2D eigenvalue weighted by atomic mass is 35.5. The predicted octanol–water partition coefficient (Wildman–Crippen LogP) is 3.27. The molecule has 10 heteroatoms. The Morgan fingerprint density at radius 3 is 2.62 bits per heavy atom. The molecule has 24 heavy (non-hydrogen) atoms. The lowest BCUT2D eigenvalue weighted by molar-refractivity contribution is -0.138. The molecule has 6 nitrogen and oxygen atoms in total. The second-order valence-corrected chi connectivity index (χ2v) is 5.73. The molecular weight excluding hydrogens is 351 g/mol. The van der Waals surface area contributed by atoms with Crippen LogP contribution in [0.25, 0.3) is 0 Å². The van der Waals surface area contributed by atoms with Gasteiger partial charge in [-0.1, -0.05) is 30.6 Å². The summed E-state index contributed by atoms with van der Waals surface area (Å²) in [5.41, 5.74) is -1.42. The first-order valence-corrected chi connectivity index (χ1v) is 7.19. The van der Waals surface area contributed by atoms with Crippen molar-refractivity contribution < 1.29 is 22.5 Å². The topological polar surface area (TPSA) is 77.1 Å². The number of anilines is 1. The second kappa shape index (κ2) is 6.68. The van der Waals surface area contributed by atoms with Gasteiger partial charge in [0.1, 0.15) is 11.6 Å². The molecule has 2 aromatic heterocycles. The first-order valence-electron chi connectivity index (χ1n) is 6.81. The fourth-order valence-corrected chi connectivity index (χ4v) is 2.05. The van der Waals surface area contributed by atoms with Gasteiger partial charge in [0.05, 0.1) is 11.3 Å². The number of amides is 1. The summed E-state index contributed by atoms with van der Waals surface area (Å²) in [7, 11) is 0. The predicted molar refractivity (Wildman–Crippen MR) is 79.9 cm³/mol. The molecule has 0 aromatic carbocycles. The van der Waals surface area contributed by atoms with E-state index in [-0.39, 0.29) is 11.8 Å². The molecule has 0 unspecified atom stereocenters. The fraction of sp³-hybridized carbons (Fsp3) is 0.357. The molecule has 0 saturated heterocycles. The quantitative estimate of drug-likeness (QED) is 0.904. The third kappa shape index (κ3) is 4.16. The van der Waals surface area contributed by atoms with E-state index in [1.54, 1.807) is 0 Å². The zero-order valence-corrected chi connectivity index (χ0v) is 13.4. The van der Waals surface area contributed by atoms with Crippen LogP contribution in [0.15, 0.2) is 27.6 Å². The van der Waals surface area contributed by atoms with Gasteiger partial charge in [-0.25, -0.2) is 0 Å². The number of hydrogen-bond donors (Lipinski definition) is 1. The van der Waals surface area contributed by atoms with Crippen LogP contribution in [-0.4, -0.2) is 15.6 Å². The maximum atomic E-state index is 12.7. The van der Waals surface area contributed by atoms with Gasteiger partial charge in [0, 0.05) is 12.3 Å². The summed E-state index contributed by atoms with van der Waals surface area (Å²) in [5.74, 6) is -0.641. The molecule has 0 aliphatic carbocycles. The Kier molecular flexibility index (Phi) is 5.02. The van der Waals surface area contributed by atoms with E-state index in [4.69, 9.17) is 16.1 Å². The average molecular weight is 364 g/mol. The Hall–Kier alpha value is -2.29. The van der Waals surface area contributed by atoms with Gasteiger partial charge in [0.2, 0.25) is 11.8 Å². The second-order valence-electron chi connectivity index (χ2n) is 5.33. The van der Waals surface area contributed by atoms with Crippen LogP contribution in [0.5, 0.6) is 0 Å². The van der Waals surface area contributed by atoms with Crippen molar-refractivity contribution in [3.8, 4) is 0 Å². The Balaban J connectivity index is 2.19. The summed E-state index contributed by atoms with van der Waals surface area (Å²) < 4.78 is 43.7. The number of nitrogens with one attached hydrogen (secondary N) is 1. The summed E-state index contributed by atoms with van der Waals surface area (Å²) in [6.45, 7) is 3.08. The van der Waals surface area contributed by atoms with Crippen molar-refractivity contribution >= 4 is 23.4 Å². The van der Waals surface area contributed by atoms with Crippen LogP contribution in [0, 0.1) is 0 Å². The normalized spacial score (nSPS) is 11.8. The molecule has 0 atom stereocenters. The Morgan fingerprint density at radius 1 is 1.42 bits per heavy atom. The molecular formula is C14H13ClF3N3O3. The standard InChI is InChI=1S/C14H13ClF3N3O3/c1-7(2)10-4-12(24-20-10)19-11(22)6-21-5-8(14(16,17)18)3-9(15)13(21)23/h3-5,7H,6H2,1-2H3,(H,19,22). The van der Waals surface area contributed by atoms with Gasteiger partial charge in [-0.3, -0.25) is 14.9 Å². The lowest BCUT2D eigenvalue weighted by Gasteiger charge is -2.11. The highest BCUT2D eigenvalue weighted by molar-refractivity contribution is 6.30. The van der Waals surface area contributed by atoms with Crippen LogP contribution >= 0.6 is 11.6 Å². The van der Waals surface area contributed by atoms with E-state index < -0.39 is 34.8 Å². The summed E-state index contributed by atoms with van der Waals surface area (Å²) >= 11 is 5.51.